The summed E-state index contributed by atoms with van der Waals surface area (Å²) >= 11 is 0. The number of carbonyl (C=O) groups excluding carboxylic acids is 1. The van der Waals surface area contributed by atoms with Crippen molar-refractivity contribution in [1.82, 2.24) is 5.43 Å². The molecule has 4 nitrogen and oxygen atoms in total. The van der Waals surface area contributed by atoms with Gasteiger partial charge >= 0.3 is 0 Å². The average molecular weight is 146 g/mol. The second kappa shape index (κ2) is 3.53. The van der Waals surface area contributed by atoms with Crippen molar-refractivity contribution in [3.63, 3.8) is 0 Å². The van der Waals surface area contributed by atoms with Crippen molar-refractivity contribution in [2.24, 2.45) is 11.3 Å². The standard InChI is InChI=1S/C6H14N2O2/c1-6(2,3-4-9)5(10)8-7/h9H,3-4,7H2,1-2H3,(H,8,10). The maximum absolute atomic E-state index is 10.9. The van der Waals surface area contributed by atoms with E-state index in [1.54, 1.807) is 13.8 Å². The minimum absolute atomic E-state index is 0.000417. The summed E-state index contributed by atoms with van der Waals surface area (Å²) in [5.74, 6) is 4.66. The predicted octanol–water partition coefficient (Wildman–Crippen LogP) is -0.615. The maximum Gasteiger partial charge on any atom is 0.239 e. The zero-order valence-electron chi connectivity index (χ0n) is 6.35. The second-order valence-electron chi connectivity index (χ2n) is 2.83. The highest BCUT2D eigenvalue weighted by Gasteiger charge is 2.25. The van der Waals surface area contributed by atoms with Crippen LogP contribution < -0.4 is 11.3 Å². The quantitative estimate of drug-likeness (QED) is 0.282. The van der Waals surface area contributed by atoms with Gasteiger partial charge in [-0.05, 0) is 6.42 Å². The number of hydrogen-bond acceptors (Lipinski definition) is 3. The Morgan fingerprint density at radius 2 is 2.20 bits per heavy atom. The predicted molar refractivity (Wildman–Crippen MR) is 37.8 cm³/mol. The molecule has 0 saturated carbocycles. The number of rotatable bonds is 3. The molecule has 0 aliphatic rings. The zero-order valence-corrected chi connectivity index (χ0v) is 6.35. The van der Waals surface area contributed by atoms with E-state index in [0.717, 1.165) is 0 Å². The number of hydrogen-bond donors (Lipinski definition) is 3. The smallest absolute Gasteiger partial charge is 0.239 e. The largest absolute Gasteiger partial charge is 0.396 e. The summed E-state index contributed by atoms with van der Waals surface area (Å²) in [6.45, 7) is 3.46. The molecule has 60 valence electrons. The lowest BCUT2D eigenvalue weighted by molar-refractivity contribution is -0.130. The highest BCUT2D eigenvalue weighted by atomic mass is 16.3. The van der Waals surface area contributed by atoms with Crippen LogP contribution in [0.15, 0.2) is 0 Å². The third-order valence-electron chi connectivity index (χ3n) is 1.48. The Balaban J connectivity index is 3.96. The van der Waals surface area contributed by atoms with Crippen LogP contribution in [0.5, 0.6) is 0 Å². The lowest BCUT2D eigenvalue weighted by Gasteiger charge is -2.20. The second-order valence-corrected chi connectivity index (χ2v) is 2.83. The van der Waals surface area contributed by atoms with Gasteiger partial charge in [-0.25, -0.2) is 5.84 Å². The van der Waals surface area contributed by atoms with Crippen molar-refractivity contribution >= 4 is 5.91 Å². The van der Waals surface area contributed by atoms with Gasteiger partial charge in [-0.15, -0.1) is 0 Å². The number of amides is 1. The average Bonchev–Trinajstić information content (AvgIpc) is 1.86. The lowest BCUT2D eigenvalue weighted by Crippen LogP contribution is -2.41. The molecule has 0 fully saturated rings. The molecule has 10 heavy (non-hydrogen) atoms. The van der Waals surface area contributed by atoms with Gasteiger partial charge in [0, 0.05) is 12.0 Å². The minimum atomic E-state index is -0.566. The van der Waals surface area contributed by atoms with Gasteiger partial charge in [0.05, 0.1) is 0 Å². The maximum atomic E-state index is 10.9. The Hall–Kier alpha value is -0.610. The van der Waals surface area contributed by atoms with Crippen LogP contribution in [0.4, 0.5) is 0 Å². The third-order valence-corrected chi connectivity index (χ3v) is 1.48. The monoisotopic (exact) mass is 146 g/mol. The molecule has 0 aliphatic carbocycles. The number of nitrogens with two attached hydrogens (primary N) is 1. The first-order valence-corrected chi connectivity index (χ1v) is 3.16. The van der Waals surface area contributed by atoms with Crippen LogP contribution in [0.25, 0.3) is 0 Å². The molecule has 4 N–H and O–H groups in total. The molecule has 0 heterocycles. The molecule has 0 aromatic carbocycles. The molecule has 4 heteroatoms. The SMILES string of the molecule is CC(C)(CCO)C(=O)NN. The molecule has 0 unspecified atom stereocenters. The molecule has 0 rings (SSSR count). The molecule has 0 aromatic rings. The molecule has 0 atom stereocenters. The van der Waals surface area contributed by atoms with Gasteiger partial charge in [-0.3, -0.25) is 10.2 Å². The number of hydrazine groups is 1. The van der Waals surface area contributed by atoms with Crippen LogP contribution in [0.2, 0.25) is 0 Å². The Labute approximate surface area is 60.4 Å². The summed E-state index contributed by atoms with van der Waals surface area (Å²) in [7, 11) is 0. The van der Waals surface area contributed by atoms with Crippen molar-refractivity contribution in [3.05, 3.63) is 0 Å². The lowest BCUT2D eigenvalue weighted by atomic mass is 9.89. The third kappa shape index (κ3) is 2.33. The van der Waals surface area contributed by atoms with Gasteiger partial charge in [0.2, 0.25) is 5.91 Å². The normalized spacial score (nSPS) is 11.2. The van der Waals surface area contributed by atoms with Crippen molar-refractivity contribution < 1.29 is 9.90 Å². The molecule has 0 spiro atoms. The van der Waals surface area contributed by atoms with E-state index in [2.05, 4.69) is 0 Å². The molecular weight excluding hydrogens is 132 g/mol. The van der Waals surface area contributed by atoms with Gasteiger partial charge in [-0.1, -0.05) is 13.8 Å². The summed E-state index contributed by atoms with van der Waals surface area (Å²) in [4.78, 5) is 10.9. The fourth-order valence-electron chi connectivity index (χ4n) is 0.588. The van der Waals surface area contributed by atoms with E-state index in [1.807, 2.05) is 5.43 Å². The number of aliphatic hydroxyl groups excluding tert-OH is 1. The molecule has 1 amide bonds. The van der Waals surface area contributed by atoms with E-state index in [9.17, 15) is 4.79 Å². The van der Waals surface area contributed by atoms with E-state index in [-0.39, 0.29) is 12.5 Å². The number of aliphatic hydroxyl groups is 1. The van der Waals surface area contributed by atoms with Crippen LogP contribution >= 0.6 is 0 Å². The van der Waals surface area contributed by atoms with Crippen molar-refractivity contribution in [3.8, 4) is 0 Å². The summed E-state index contributed by atoms with van der Waals surface area (Å²) in [5.41, 5.74) is 1.47. The van der Waals surface area contributed by atoms with Crippen molar-refractivity contribution in [2.45, 2.75) is 20.3 Å². The Kier molecular flexibility index (Phi) is 3.32. The van der Waals surface area contributed by atoms with Crippen LogP contribution in [-0.2, 0) is 4.79 Å². The summed E-state index contributed by atoms with van der Waals surface area (Å²) in [5, 5.41) is 8.53. The van der Waals surface area contributed by atoms with Crippen LogP contribution in [0.1, 0.15) is 20.3 Å². The van der Waals surface area contributed by atoms with Gasteiger partial charge in [0.25, 0.3) is 0 Å². The van der Waals surface area contributed by atoms with Crippen molar-refractivity contribution in [1.29, 1.82) is 0 Å². The molecule has 0 aliphatic heterocycles. The van der Waals surface area contributed by atoms with Crippen LogP contribution in [0.3, 0.4) is 0 Å². The Morgan fingerprint density at radius 1 is 1.70 bits per heavy atom. The highest BCUT2D eigenvalue weighted by molar-refractivity contribution is 5.81. The highest BCUT2D eigenvalue weighted by Crippen LogP contribution is 2.18. The topological polar surface area (TPSA) is 75.3 Å². The van der Waals surface area contributed by atoms with Crippen LogP contribution in [0, 0.1) is 5.41 Å². The Bertz CT molecular complexity index is 123. The van der Waals surface area contributed by atoms with Gasteiger partial charge in [-0.2, -0.15) is 0 Å². The summed E-state index contributed by atoms with van der Waals surface area (Å²) in [6.07, 6.45) is 0.427. The fraction of sp³-hybridized carbons (Fsp3) is 0.833. The first-order valence-electron chi connectivity index (χ1n) is 3.16. The number of nitrogens with one attached hydrogen (secondary N) is 1. The zero-order chi connectivity index (χ0) is 8.20. The van der Waals surface area contributed by atoms with Crippen molar-refractivity contribution in [2.75, 3.05) is 6.61 Å². The molecular formula is C6H14N2O2. The summed E-state index contributed by atoms with van der Waals surface area (Å²) < 4.78 is 0. The van der Waals surface area contributed by atoms with E-state index < -0.39 is 5.41 Å². The number of carbonyl (C=O) groups is 1. The first-order chi connectivity index (χ1) is 4.54. The molecule has 0 saturated heterocycles. The van der Waals surface area contributed by atoms with Gasteiger partial charge in [0.15, 0.2) is 0 Å². The summed E-state index contributed by atoms with van der Waals surface area (Å²) in [6, 6.07) is 0. The Morgan fingerprint density at radius 3 is 2.50 bits per heavy atom. The minimum Gasteiger partial charge on any atom is -0.396 e. The van der Waals surface area contributed by atoms with Gasteiger partial charge in [0.1, 0.15) is 0 Å². The van der Waals surface area contributed by atoms with E-state index >= 15 is 0 Å². The van der Waals surface area contributed by atoms with Crippen LogP contribution in [-0.4, -0.2) is 17.6 Å². The molecule has 0 aromatic heterocycles. The first kappa shape index (κ1) is 9.39. The van der Waals surface area contributed by atoms with Gasteiger partial charge < -0.3 is 5.11 Å². The molecule has 0 bridgehead atoms. The fourth-order valence-corrected chi connectivity index (χ4v) is 0.588. The molecule has 0 radical (unpaired) electrons. The van der Waals surface area contributed by atoms with E-state index in [1.165, 1.54) is 0 Å². The van der Waals surface area contributed by atoms with E-state index in [4.69, 9.17) is 10.9 Å². The van der Waals surface area contributed by atoms with E-state index in [0.29, 0.717) is 6.42 Å².